The first-order chi connectivity index (χ1) is 13.6. The van der Waals surface area contributed by atoms with Crippen molar-refractivity contribution in [3.8, 4) is 15.6 Å². The molecular weight excluding hydrogens is 396 g/mol. The van der Waals surface area contributed by atoms with Crippen LogP contribution in [0.3, 0.4) is 0 Å². The molecule has 1 aromatic carbocycles. The molecule has 1 N–H and O–H groups in total. The summed E-state index contributed by atoms with van der Waals surface area (Å²) in [6.45, 7) is 2.00. The summed E-state index contributed by atoms with van der Waals surface area (Å²) in [5.41, 5.74) is 1.29. The minimum absolute atomic E-state index is 0.214. The number of nitrogens with zero attached hydrogens (tertiary/aromatic N) is 1. The number of nitrogens with one attached hydrogen (secondary N) is 1. The van der Waals surface area contributed by atoms with Crippen LogP contribution in [0.5, 0.6) is 5.75 Å². The van der Waals surface area contributed by atoms with Crippen molar-refractivity contribution in [2.24, 2.45) is 0 Å². The molecule has 3 aromatic rings. The van der Waals surface area contributed by atoms with E-state index in [9.17, 15) is 9.59 Å². The van der Waals surface area contributed by atoms with Crippen LogP contribution < -0.4 is 10.1 Å². The lowest BCUT2D eigenvalue weighted by atomic mass is 10.1. The minimum atomic E-state index is -0.893. The number of amides is 1. The topological polar surface area (TPSA) is 77.5 Å². The second-order valence-electron chi connectivity index (χ2n) is 5.95. The maximum Gasteiger partial charge on any atom is 0.358 e. The normalized spacial score (nSPS) is 11.6. The Morgan fingerprint density at radius 3 is 2.64 bits per heavy atom. The lowest BCUT2D eigenvalue weighted by Crippen LogP contribution is -2.37. The van der Waals surface area contributed by atoms with Crippen LogP contribution in [0, 0.1) is 0 Å². The predicted molar refractivity (Wildman–Crippen MR) is 110 cm³/mol. The SMILES string of the molecule is COc1ccc(CCNC(=O)[C@@H](C)OC(=O)c2csc(-c3cccs3)n2)cc1. The highest BCUT2D eigenvalue weighted by Gasteiger charge is 2.21. The zero-order valence-electron chi connectivity index (χ0n) is 15.5. The molecule has 0 spiro atoms. The van der Waals surface area contributed by atoms with Gasteiger partial charge in [-0.25, -0.2) is 9.78 Å². The van der Waals surface area contributed by atoms with Crippen LogP contribution in [-0.4, -0.2) is 36.6 Å². The number of ether oxygens (including phenoxy) is 2. The van der Waals surface area contributed by atoms with E-state index in [0.29, 0.717) is 13.0 Å². The number of thiophene rings is 1. The average molecular weight is 417 g/mol. The highest BCUT2D eigenvalue weighted by atomic mass is 32.1. The van der Waals surface area contributed by atoms with Gasteiger partial charge >= 0.3 is 5.97 Å². The fourth-order valence-electron chi connectivity index (χ4n) is 2.42. The van der Waals surface area contributed by atoms with Gasteiger partial charge in [0, 0.05) is 11.9 Å². The Balaban J connectivity index is 1.46. The lowest BCUT2D eigenvalue weighted by Gasteiger charge is -2.13. The van der Waals surface area contributed by atoms with Crippen LogP contribution in [0.25, 0.3) is 9.88 Å². The summed E-state index contributed by atoms with van der Waals surface area (Å²) >= 11 is 2.93. The molecule has 0 aliphatic rings. The number of rotatable bonds is 8. The Bertz CT molecular complexity index is 920. The van der Waals surface area contributed by atoms with E-state index in [1.165, 1.54) is 11.3 Å². The second kappa shape index (κ2) is 9.48. The van der Waals surface area contributed by atoms with Gasteiger partial charge in [-0.3, -0.25) is 4.79 Å². The molecule has 0 saturated heterocycles. The summed E-state index contributed by atoms with van der Waals surface area (Å²) in [6, 6.07) is 11.5. The van der Waals surface area contributed by atoms with Crippen molar-refractivity contribution in [2.75, 3.05) is 13.7 Å². The summed E-state index contributed by atoms with van der Waals surface area (Å²) in [7, 11) is 1.62. The number of hydrogen-bond donors (Lipinski definition) is 1. The molecule has 8 heteroatoms. The summed E-state index contributed by atoms with van der Waals surface area (Å²) in [5, 5.41) is 7.14. The molecule has 6 nitrogen and oxygen atoms in total. The molecule has 3 rings (SSSR count). The van der Waals surface area contributed by atoms with Gasteiger partial charge in [-0.2, -0.15) is 0 Å². The highest BCUT2D eigenvalue weighted by molar-refractivity contribution is 7.20. The first-order valence-corrected chi connectivity index (χ1v) is 10.4. The Kier molecular flexibility index (Phi) is 6.78. The van der Waals surface area contributed by atoms with Crippen LogP contribution >= 0.6 is 22.7 Å². The molecule has 1 atom stereocenters. The fourth-order valence-corrected chi connectivity index (χ4v) is 4.02. The fraction of sp³-hybridized carbons (Fsp3) is 0.250. The van der Waals surface area contributed by atoms with Gasteiger partial charge in [0.2, 0.25) is 0 Å². The van der Waals surface area contributed by atoms with Crippen LogP contribution in [0.2, 0.25) is 0 Å². The number of carbonyl (C=O) groups is 2. The van der Waals surface area contributed by atoms with Gasteiger partial charge in [-0.05, 0) is 42.5 Å². The molecule has 0 saturated carbocycles. The van der Waals surface area contributed by atoms with E-state index in [4.69, 9.17) is 9.47 Å². The predicted octanol–water partition coefficient (Wildman–Crippen LogP) is 3.78. The molecule has 0 aliphatic heterocycles. The number of carbonyl (C=O) groups excluding carboxylic acids is 2. The number of methoxy groups -OCH3 is 1. The van der Waals surface area contributed by atoms with Crippen molar-refractivity contribution < 1.29 is 19.1 Å². The number of hydrogen-bond acceptors (Lipinski definition) is 7. The van der Waals surface area contributed by atoms with Gasteiger partial charge in [-0.15, -0.1) is 22.7 Å². The van der Waals surface area contributed by atoms with Gasteiger partial charge in [0.05, 0.1) is 12.0 Å². The molecule has 0 unspecified atom stereocenters. The maximum atomic E-state index is 12.2. The molecule has 0 aliphatic carbocycles. The van der Waals surface area contributed by atoms with E-state index >= 15 is 0 Å². The number of benzene rings is 1. The molecule has 0 fully saturated rings. The molecule has 1 amide bonds. The lowest BCUT2D eigenvalue weighted by molar-refractivity contribution is -0.129. The molecule has 0 radical (unpaired) electrons. The van der Waals surface area contributed by atoms with Crippen molar-refractivity contribution >= 4 is 34.6 Å². The summed E-state index contributed by atoms with van der Waals surface area (Å²) in [4.78, 5) is 29.7. The largest absolute Gasteiger partial charge is 0.497 e. The van der Waals surface area contributed by atoms with Crippen molar-refractivity contribution in [3.63, 3.8) is 0 Å². The number of aromatic nitrogens is 1. The molecule has 0 bridgehead atoms. The van der Waals surface area contributed by atoms with E-state index in [1.54, 1.807) is 30.8 Å². The molecule has 28 heavy (non-hydrogen) atoms. The Hall–Kier alpha value is -2.71. The van der Waals surface area contributed by atoms with E-state index < -0.39 is 12.1 Å². The Morgan fingerprint density at radius 2 is 1.96 bits per heavy atom. The molecule has 2 heterocycles. The summed E-state index contributed by atoms with van der Waals surface area (Å²) in [6.07, 6.45) is -0.220. The summed E-state index contributed by atoms with van der Waals surface area (Å²) < 4.78 is 10.4. The first kappa shape index (κ1) is 20.0. The third kappa shape index (κ3) is 5.17. The van der Waals surface area contributed by atoms with Crippen LogP contribution in [0.4, 0.5) is 0 Å². The quantitative estimate of drug-likeness (QED) is 0.566. The highest BCUT2D eigenvalue weighted by Crippen LogP contribution is 2.28. The van der Waals surface area contributed by atoms with Crippen molar-refractivity contribution in [1.82, 2.24) is 10.3 Å². The molecule has 2 aromatic heterocycles. The van der Waals surface area contributed by atoms with Crippen LogP contribution in [0.1, 0.15) is 23.0 Å². The third-order valence-corrected chi connectivity index (χ3v) is 5.85. The van der Waals surface area contributed by atoms with Crippen molar-refractivity contribution in [3.05, 3.63) is 58.4 Å². The molecular formula is C20H20N2O4S2. The third-order valence-electron chi connectivity index (χ3n) is 3.97. The van der Waals surface area contributed by atoms with Gasteiger partial charge in [0.15, 0.2) is 11.8 Å². The number of esters is 1. The zero-order chi connectivity index (χ0) is 19.9. The number of thiazole rings is 1. The van der Waals surface area contributed by atoms with E-state index in [2.05, 4.69) is 10.3 Å². The summed E-state index contributed by atoms with van der Waals surface area (Å²) in [5.74, 6) is -0.148. The maximum absolute atomic E-state index is 12.2. The monoisotopic (exact) mass is 416 g/mol. The van der Waals surface area contributed by atoms with Gasteiger partial charge < -0.3 is 14.8 Å². The zero-order valence-corrected chi connectivity index (χ0v) is 17.1. The first-order valence-electron chi connectivity index (χ1n) is 8.68. The minimum Gasteiger partial charge on any atom is -0.497 e. The van der Waals surface area contributed by atoms with Gasteiger partial charge in [0.1, 0.15) is 10.8 Å². The van der Waals surface area contributed by atoms with Crippen molar-refractivity contribution in [2.45, 2.75) is 19.4 Å². The van der Waals surface area contributed by atoms with E-state index in [1.807, 2.05) is 41.8 Å². The van der Waals surface area contributed by atoms with Crippen LogP contribution in [-0.2, 0) is 16.0 Å². The Labute approximate surface area is 171 Å². The molecule has 146 valence electrons. The van der Waals surface area contributed by atoms with Gasteiger partial charge in [0.25, 0.3) is 5.91 Å². The standard InChI is InChI=1S/C20H20N2O4S2/c1-13(18(23)21-10-9-14-5-7-15(25-2)8-6-14)26-20(24)16-12-28-19(22-16)17-4-3-11-27-17/h3-8,11-13H,9-10H2,1-2H3,(H,21,23)/t13-/m1/s1. The average Bonchev–Trinajstić information content (AvgIpc) is 3.40. The van der Waals surface area contributed by atoms with Crippen molar-refractivity contribution in [1.29, 1.82) is 0 Å². The van der Waals surface area contributed by atoms with E-state index in [0.717, 1.165) is 21.2 Å². The smallest absolute Gasteiger partial charge is 0.358 e. The Morgan fingerprint density at radius 1 is 1.18 bits per heavy atom. The van der Waals surface area contributed by atoms with Gasteiger partial charge in [-0.1, -0.05) is 18.2 Å². The second-order valence-corrected chi connectivity index (χ2v) is 7.76. The van der Waals surface area contributed by atoms with E-state index in [-0.39, 0.29) is 11.6 Å². The van der Waals surface area contributed by atoms with Crippen LogP contribution in [0.15, 0.2) is 47.2 Å².